The fourth-order valence-electron chi connectivity index (χ4n) is 2.26. The van der Waals surface area contributed by atoms with Crippen LogP contribution < -0.4 is 15.4 Å². The Kier molecular flexibility index (Phi) is 7.46. The molecule has 0 fully saturated rings. The second-order valence-electron chi connectivity index (χ2n) is 5.11. The summed E-state index contributed by atoms with van der Waals surface area (Å²) >= 11 is 12.2. The Hall–Kier alpha value is -1.49. The molecule has 2 rings (SSSR count). The van der Waals surface area contributed by atoms with E-state index < -0.39 is 0 Å². The molecule has 0 aliphatic heterocycles. The smallest absolute Gasteiger partial charge is 0.142 e. The third kappa shape index (κ3) is 5.90. The summed E-state index contributed by atoms with van der Waals surface area (Å²) in [5.74, 6) is 1.60. The van der Waals surface area contributed by atoms with Crippen molar-refractivity contribution in [3.8, 4) is 5.75 Å². The van der Waals surface area contributed by atoms with Crippen LogP contribution in [0.2, 0.25) is 10.0 Å². The Morgan fingerprint density at radius 1 is 1.13 bits per heavy atom. The number of nitrogens with zero attached hydrogens (tertiary/aromatic N) is 1. The van der Waals surface area contributed by atoms with Crippen LogP contribution in [0.5, 0.6) is 5.75 Å². The number of nitrogens with one attached hydrogen (secondary N) is 2. The highest BCUT2D eigenvalue weighted by Crippen LogP contribution is 2.31. The lowest BCUT2D eigenvalue weighted by atomic mass is 10.2. The van der Waals surface area contributed by atoms with E-state index in [0.29, 0.717) is 22.3 Å². The second-order valence-corrected chi connectivity index (χ2v) is 5.95. The Morgan fingerprint density at radius 2 is 1.96 bits per heavy atom. The summed E-state index contributed by atoms with van der Waals surface area (Å²) in [6, 6.07) is 9.41. The first-order valence-corrected chi connectivity index (χ1v) is 8.34. The van der Waals surface area contributed by atoms with E-state index >= 15 is 0 Å². The number of unbranched alkanes of at least 4 members (excludes halogenated alkanes) is 1. The molecular formula is C17H21Cl2N3O. The summed E-state index contributed by atoms with van der Waals surface area (Å²) in [6.07, 6.45) is 3.92. The van der Waals surface area contributed by atoms with Crippen LogP contribution in [-0.4, -0.2) is 25.2 Å². The summed E-state index contributed by atoms with van der Waals surface area (Å²) in [4.78, 5) is 4.22. The normalized spacial score (nSPS) is 10.6. The van der Waals surface area contributed by atoms with Crippen molar-refractivity contribution < 1.29 is 4.74 Å². The third-order valence-corrected chi connectivity index (χ3v) is 3.86. The van der Waals surface area contributed by atoms with Gasteiger partial charge in [0.2, 0.25) is 0 Å². The Balaban J connectivity index is 1.66. The lowest BCUT2D eigenvalue weighted by Crippen LogP contribution is -2.16. The van der Waals surface area contributed by atoms with Gasteiger partial charge in [-0.25, -0.2) is 4.98 Å². The van der Waals surface area contributed by atoms with Gasteiger partial charge in [0.1, 0.15) is 11.6 Å². The van der Waals surface area contributed by atoms with Gasteiger partial charge in [0.05, 0.1) is 12.1 Å². The molecule has 0 bridgehead atoms. The molecule has 0 spiro atoms. The Bertz CT molecular complexity index is 608. The Labute approximate surface area is 147 Å². The van der Waals surface area contributed by atoms with Gasteiger partial charge in [0.25, 0.3) is 0 Å². The fourth-order valence-corrected chi connectivity index (χ4v) is 2.87. The van der Waals surface area contributed by atoms with Crippen molar-refractivity contribution in [3.05, 3.63) is 52.1 Å². The molecule has 2 N–H and O–H groups in total. The van der Waals surface area contributed by atoms with Gasteiger partial charge in [0.15, 0.2) is 0 Å². The summed E-state index contributed by atoms with van der Waals surface area (Å²) in [5.41, 5.74) is 0.969. The molecule has 1 aromatic heterocycles. The first-order valence-electron chi connectivity index (χ1n) is 7.58. The quantitative estimate of drug-likeness (QED) is 0.656. The van der Waals surface area contributed by atoms with E-state index in [1.165, 1.54) is 0 Å². The minimum atomic E-state index is 0.538. The summed E-state index contributed by atoms with van der Waals surface area (Å²) < 4.78 is 5.33. The van der Waals surface area contributed by atoms with Crippen molar-refractivity contribution in [1.82, 2.24) is 10.3 Å². The number of methoxy groups -OCH3 is 1. The van der Waals surface area contributed by atoms with E-state index in [0.717, 1.165) is 37.3 Å². The van der Waals surface area contributed by atoms with Crippen LogP contribution in [-0.2, 0) is 6.54 Å². The number of aromatic nitrogens is 1. The van der Waals surface area contributed by atoms with Gasteiger partial charge in [-0.1, -0.05) is 29.3 Å². The van der Waals surface area contributed by atoms with Gasteiger partial charge in [-0.05, 0) is 43.7 Å². The van der Waals surface area contributed by atoms with Crippen LogP contribution in [0.1, 0.15) is 18.4 Å². The number of rotatable bonds is 9. The molecule has 0 amide bonds. The van der Waals surface area contributed by atoms with Crippen LogP contribution in [0.25, 0.3) is 0 Å². The maximum atomic E-state index is 6.12. The minimum Gasteiger partial charge on any atom is -0.495 e. The number of pyridine rings is 1. The number of ether oxygens (including phenoxy) is 1. The van der Waals surface area contributed by atoms with Crippen molar-refractivity contribution >= 4 is 29.0 Å². The van der Waals surface area contributed by atoms with Gasteiger partial charge in [-0.15, -0.1) is 0 Å². The molecular weight excluding hydrogens is 333 g/mol. The maximum Gasteiger partial charge on any atom is 0.142 e. The van der Waals surface area contributed by atoms with E-state index in [-0.39, 0.29) is 0 Å². The average molecular weight is 354 g/mol. The predicted molar refractivity (Wildman–Crippen MR) is 96.7 cm³/mol. The van der Waals surface area contributed by atoms with Crippen molar-refractivity contribution in [3.63, 3.8) is 0 Å². The van der Waals surface area contributed by atoms with Gasteiger partial charge in [0, 0.05) is 29.9 Å². The van der Waals surface area contributed by atoms with Crippen LogP contribution >= 0.6 is 23.2 Å². The molecule has 0 radical (unpaired) electrons. The molecule has 0 saturated carbocycles. The zero-order chi connectivity index (χ0) is 16.5. The molecule has 0 saturated heterocycles. The molecule has 124 valence electrons. The third-order valence-electron chi connectivity index (χ3n) is 3.36. The van der Waals surface area contributed by atoms with Crippen molar-refractivity contribution in [2.75, 3.05) is 25.5 Å². The molecule has 0 aliphatic carbocycles. The highest BCUT2D eigenvalue weighted by atomic mass is 35.5. The summed E-state index contributed by atoms with van der Waals surface area (Å²) in [7, 11) is 1.61. The van der Waals surface area contributed by atoms with E-state index in [4.69, 9.17) is 27.9 Å². The molecule has 4 nitrogen and oxygen atoms in total. The van der Waals surface area contributed by atoms with Gasteiger partial charge < -0.3 is 15.4 Å². The van der Waals surface area contributed by atoms with Crippen LogP contribution in [0, 0.1) is 0 Å². The van der Waals surface area contributed by atoms with Gasteiger partial charge in [-0.3, -0.25) is 0 Å². The van der Waals surface area contributed by atoms with Crippen molar-refractivity contribution in [1.29, 1.82) is 0 Å². The maximum absolute atomic E-state index is 6.12. The Morgan fingerprint density at radius 3 is 2.70 bits per heavy atom. The SMILES string of the molecule is COc1c(Cl)cc(Cl)cc1CNCCCCNc1ccccn1. The van der Waals surface area contributed by atoms with Gasteiger partial charge >= 0.3 is 0 Å². The van der Waals surface area contributed by atoms with E-state index in [2.05, 4.69) is 15.6 Å². The zero-order valence-electron chi connectivity index (χ0n) is 13.1. The molecule has 1 aromatic carbocycles. The average Bonchev–Trinajstić information content (AvgIpc) is 2.54. The molecule has 6 heteroatoms. The van der Waals surface area contributed by atoms with E-state index in [9.17, 15) is 0 Å². The molecule has 2 aromatic rings. The van der Waals surface area contributed by atoms with Crippen molar-refractivity contribution in [2.24, 2.45) is 0 Å². The number of halogens is 2. The topological polar surface area (TPSA) is 46.2 Å². The zero-order valence-corrected chi connectivity index (χ0v) is 14.6. The van der Waals surface area contributed by atoms with Crippen LogP contribution in [0.15, 0.2) is 36.5 Å². The molecule has 0 atom stereocenters. The largest absolute Gasteiger partial charge is 0.495 e. The van der Waals surface area contributed by atoms with Crippen LogP contribution in [0.3, 0.4) is 0 Å². The van der Waals surface area contributed by atoms with Gasteiger partial charge in [-0.2, -0.15) is 0 Å². The second kappa shape index (κ2) is 9.60. The molecule has 1 heterocycles. The first kappa shape index (κ1) is 17.9. The highest BCUT2D eigenvalue weighted by molar-refractivity contribution is 6.35. The van der Waals surface area contributed by atoms with Crippen LogP contribution in [0.4, 0.5) is 5.82 Å². The monoisotopic (exact) mass is 353 g/mol. The van der Waals surface area contributed by atoms with E-state index in [1.54, 1.807) is 19.4 Å². The molecule has 0 unspecified atom stereocenters. The number of anilines is 1. The summed E-state index contributed by atoms with van der Waals surface area (Å²) in [5, 5.41) is 7.84. The minimum absolute atomic E-state index is 0.538. The number of benzene rings is 1. The number of hydrogen-bond acceptors (Lipinski definition) is 4. The fraction of sp³-hybridized carbons (Fsp3) is 0.353. The lowest BCUT2D eigenvalue weighted by Gasteiger charge is -2.12. The van der Waals surface area contributed by atoms with E-state index in [1.807, 2.05) is 24.3 Å². The standard InChI is InChI=1S/C17H21Cl2N3O/c1-23-17-13(10-14(18)11-15(17)19)12-20-7-4-5-9-22-16-6-2-3-8-21-16/h2-3,6,8,10-11,20H,4-5,7,9,12H2,1H3,(H,21,22). The predicted octanol–water partition coefficient (Wildman–Crippen LogP) is 4.38. The highest BCUT2D eigenvalue weighted by Gasteiger charge is 2.09. The molecule has 23 heavy (non-hydrogen) atoms. The number of hydrogen-bond donors (Lipinski definition) is 2. The molecule has 0 aliphatic rings. The lowest BCUT2D eigenvalue weighted by molar-refractivity contribution is 0.408. The first-order chi connectivity index (χ1) is 11.2. The summed E-state index contributed by atoms with van der Waals surface area (Å²) in [6.45, 7) is 2.50. The van der Waals surface area contributed by atoms with Crippen molar-refractivity contribution in [2.45, 2.75) is 19.4 Å².